The van der Waals surface area contributed by atoms with Gasteiger partial charge in [-0.05, 0) is 69.6 Å². The number of anilines is 1. The van der Waals surface area contributed by atoms with E-state index in [9.17, 15) is 19.5 Å². The molecular weight excluding hydrogens is 688 g/mol. The van der Waals surface area contributed by atoms with Crippen molar-refractivity contribution in [3.63, 3.8) is 0 Å². The summed E-state index contributed by atoms with van der Waals surface area (Å²) >= 11 is 0. The molecule has 54 heavy (non-hydrogen) atoms. The number of hydrogen-bond acceptors (Lipinski definition) is 10. The van der Waals surface area contributed by atoms with E-state index in [1.54, 1.807) is 6.20 Å². The van der Waals surface area contributed by atoms with Gasteiger partial charge < -0.3 is 34.4 Å². The Hall–Kier alpha value is -4.43. The SMILES string of the molecule is CC(NC(=O)[C@@H]1C[C@@H](O)CN1C(=O)C(c1cc(N2CCN(CC3CCN(C(=O)OC(C)(C)C)CC3)CC2)no1)C(C)C)c1ccc(-c2ccnn2C)cc1. The number of aromatic nitrogens is 3. The number of aryl methyl sites for hydroxylation is 1. The largest absolute Gasteiger partial charge is 0.444 e. The van der Waals surface area contributed by atoms with E-state index in [1.807, 2.05) is 94.6 Å². The Morgan fingerprint density at radius 2 is 1.69 bits per heavy atom. The maximum atomic E-state index is 14.2. The number of rotatable bonds is 10. The smallest absolute Gasteiger partial charge is 0.410 e. The van der Waals surface area contributed by atoms with Gasteiger partial charge in [-0.25, -0.2) is 4.79 Å². The van der Waals surface area contributed by atoms with E-state index in [4.69, 9.17) is 9.26 Å². The number of nitrogens with one attached hydrogen (secondary N) is 1. The Morgan fingerprint density at radius 3 is 2.30 bits per heavy atom. The average molecular weight is 747 g/mol. The van der Waals surface area contributed by atoms with Gasteiger partial charge in [0.1, 0.15) is 17.6 Å². The number of hydrogen-bond donors (Lipinski definition) is 2. The molecule has 6 rings (SSSR count). The summed E-state index contributed by atoms with van der Waals surface area (Å²) in [7, 11) is 1.90. The molecule has 2 aromatic heterocycles. The minimum atomic E-state index is -0.801. The number of piperidine rings is 1. The topological polar surface area (TPSA) is 150 Å². The van der Waals surface area contributed by atoms with Crippen LogP contribution in [0, 0.1) is 11.8 Å². The lowest BCUT2D eigenvalue weighted by molar-refractivity contribution is -0.141. The first kappa shape index (κ1) is 39.3. The van der Waals surface area contributed by atoms with Crippen LogP contribution in [0.4, 0.5) is 10.6 Å². The monoisotopic (exact) mass is 746 g/mol. The van der Waals surface area contributed by atoms with Crippen LogP contribution >= 0.6 is 0 Å². The Morgan fingerprint density at radius 1 is 1.00 bits per heavy atom. The molecule has 5 heterocycles. The Labute approximate surface area is 318 Å². The van der Waals surface area contributed by atoms with Crippen molar-refractivity contribution in [2.24, 2.45) is 18.9 Å². The molecule has 0 saturated carbocycles. The number of nitrogens with zero attached hydrogens (tertiary/aromatic N) is 7. The lowest BCUT2D eigenvalue weighted by Gasteiger charge is -2.39. The molecule has 0 spiro atoms. The summed E-state index contributed by atoms with van der Waals surface area (Å²) in [6, 6.07) is 10.7. The van der Waals surface area contributed by atoms with E-state index in [2.05, 4.69) is 25.4 Å². The second kappa shape index (κ2) is 16.5. The summed E-state index contributed by atoms with van der Waals surface area (Å²) in [5, 5.41) is 22.4. The number of aliphatic hydroxyl groups excluding tert-OH is 1. The lowest BCUT2D eigenvalue weighted by atomic mass is 9.91. The van der Waals surface area contributed by atoms with E-state index in [0.29, 0.717) is 17.5 Å². The van der Waals surface area contributed by atoms with Gasteiger partial charge in [-0.15, -0.1) is 0 Å². The summed E-state index contributed by atoms with van der Waals surface area (Å²) in [6.45, 7) is 17.4. The van der Waals surface area contributed by atoms with Crippen molar-refractivity contribution in [1.29, 1.82) is 0 Å². The van der Waals surface area contributed by atoms with Crippen LogP contribution in [0.1, 0.15) is 84.1 Å². The van der Waals surface area contributed by atoms with Crippen LogP contribution in [0.25, 0.3) is 11.3 Å². The molecule has 14 nitrogen and oxygen atoms in total. The van der Waals surface area contributed by atoms with Crippen LogP contribution in [0.5, 0.6) is 0 Å². The lowest BCUT2D eigenvalue weighted by Crippen LogP contribution is -2.49. The summed E-state index contributed by atoms with van der Waals surface area (Å²) in [5.74, 6) is 0.371. The maximum Gasteiger partial charge on any atom is 0.410 e. The predicted octanol–water partition coefficient (Wildman–Crippen LogP) is 4.42. The molecule has 294 valence electrons. The molecule has 2 N–H and O–H groups in total. The van der Waals surface area contributed by atoms with Crippen molar-refractivity contribution in [3.8, 4) is 11.3 Å². The quantitative estimate of drug-likeness (QED) is 0.305. The zero-order valence-corrected chi connectivity index (χ0v) is 32.9. The van der Waals surface area contributed by atoms with E-state index in [-0.39, 0.29) is 42.8 Å². The first-order chi connectivity index (χ1) is 25.7. The van der Waals surface area contributed by atoms with Gasteiger partial charge in [0.2, 0.25) is 11.8 Å². The fraction of sp³-hybridized carbons (Fsp3) is 0.625. The van der Waals surface area contributed by atoms with Crippen LogP contribution in [-0.2, 0) is 21.4 Å². The number of carbonyl (C=O) groups excluding carboxylic acids is 3. The summed E-state index contributed by atoms with van der Waals surface area (Å²) in [5.41, 5.74) is 2.46. The standard InChI is InChI=1S/C40H58N8O6/c1-26(2)36(34-23-35(43-54-34)46-20-18-45(19-21-46)24-28-13-16-47(17-14-28)39(52)53-40(4,5)6)38(51)48-25-31(49)22-33(48)37(50)42-27(3)29-8-10-30(11-9-29)32-12-15-41-44(32)7/h8-12,15,23,26-28,31,33,36,49H,13-14,16-22,24-25H2,1-7H3,(H,42,50)/t27?,31-,33+,36?/m1/s1. The van der Waals surface area contributed by atoms with Crippen molar-refractivity contribution in [1.82, 2.24) is 35.0 Å². The molecule has 0 aliphatic carbocycles. The van der Waals surface area contributed by atoms with Crippen molar-refractivity contribution >= 4 is 23.7 Å². The van der Waals surface area contributed by atoms with Crippen molar-refractivity contribution in [2.45, 2.75) is 90.5 Å². The Kier molecular flexibility index (Phi) is 12.0. The molecule has 0 bridgehead atoms. The summed E-state index contributed by atoms with van der Waals surface area (Å²) < 4.78 is 13.2. The van der Waals surface area contributed by atoms with Gasteiger partial charge in [-0.2, -0.15) is 5.10 Å². The second-order valence-corrected chi connectivity index (χ2v) is 16.6. The Bertz CT molecular complexity index is 1730. The molecule has 1 aromatic carbocycles. The molecular formula is C40H58N8O6. The van der Waals surface area contributed by atoms with Gasteiger partial charge in [0.25, 0.3) is 0 Å². The molecule has 2 unspecified atom stereocenters. The minimum absolute atomic E-state index is 0.0803. The number of aliphatic hydroxyl groups is 1. The van der Waals surface area contributed by atoms with Crippen LogP contribution in [0.2, 0.25) is 0 Å². The first-order valence-corrected chi connectivity index (χ1v) is 19.5. The molecule has 3 saturated heterocycles. The van der Waals surface area contributed by atoms with Crippen LogP contribution in [0.3, 0.4) is 0 Å². The second-order valence-electron chi connectivity index (χ2n) is 16.6. The molecule has 3 aromatic rings. The van der Waals surface area contributed by atoms with Gasteiger partial charge in [0.05, 0.1) is 17.8 Å². The fourth-order valence-electron chi connectivity index (χ4n) is 7.94. The average Bonchev–Trinajstić information content (AvgIpc) is 3.88. The van der Waals surface area contributed by atoms with Crippen LogP contribution < -0.4 is 10.2 Å². The van der Waals surface area contributed by atoms with Crippen molar-refractivity contribution < 1.29 is 28.8 Å². The third-order valence-corrected chi connectivity index (χ3v) is 11.0. The molecule has 3 aliphatic heterocycles. The summed E-state index contributed by atoms with van der Waals surface area (Å²) in [6.07, 6.45) is 2.83. The predicted molar refractivity (Wildman–Crippen MR) is 205 cm³/mol. The highest BCUT2D eigenvalue weighted by Gasteiger charge is 2.43. The van der Waals surface area contributed by atoms with Gasteiger partial charge >= 0.3 is 6.09 Å². The number of piperazine rings is 1. The molecule has 3 amide bonds. The van der Waals surface area contributed by atoms with Gasteiger partial charge in [-0.3, -0.25) is 19.2 Å². The third-order valence-electron chi connectivity index (χ3n) is 11.0. The maximum absolute atomic E-state index is 14.2. The van der Waals surface area contributed by atoms with E-state index in [1.165, 1.54) is 4.90 Å². The Balaban J connectivity index is 1.02. The van der Waals surface area contributed by atoms with E-state index < -0.39 is 23.7 Å². The van der Waals surface area contributed by atoms with Crippen LogP contribution in [0.15, 0.2) is 47.1 Å². The van der Waals surface area contributed by atoms with E-state index >= 15 is 0 Å². The number of carbonyl (C=O) groups is 3. The highest BCUT2D eigenvalue weighted by atomic mass is 16.6. The molecule has 14 heteroatoms. The first-order valence-electron chi connectivity index (χ1n) is 19.5. The summed E-state index contributed by atoms with van der Waals surface area (Å²) in [4.78, 5) is 48.4. The van der Waals surface area contributed by atoms with Crippen molar-refractivity contribution in [2.75, 3.05) is 57.3 Å². The highest BCUT2D eigenvalue weighted by molar-refractivity contribution is 5.91. The number of amides is 3. The zero-order chi connectivity index (χ0) is 38.7. The number of likely N-dealkylation sites (tertiary alicyclic amines) is 2. The number of ether oxygens (including phenoxy) is 1. The third kappa shape index (κ3) is 9.26. The van der Waals surface area contributed by atoms with Gasteiger partial charge in [-0.1, -0.05) is 43.3 Å². The molecule has 3 fully saturated rings. The molecule has 0 radical (unpaired) electrons. The van der Waals surface area contributed by atoms with E-state index in [0.717, 1.165) is 75.5 Å². The minimum Gasteiger partial charge on any atom is -0.444 e. The molecule has 3 aliphatic rings. The van der Waals surface area contributed by atoms with Gasteiger partial charge in [0, 0.05) is 78.1 Å². The normalized spacial score (nSPS) is 21.4. The number of benzene rings is 1. The highest BCUT2D eigenvalue weighted by Crippen LogP contribution is 2.33. The zero-order valence-electron chi connectivity index (χ0n) is 32.9. The van der Waals surface area contributed by atoms with Crippen LogP contribution in [-0.4, -0.2) is 123 Å². The number of β-amino-alcohol motifs (C(OH)–C–C–N with tert-alkyl or cyclic N) is 1. The fourth-order valence-corrected chi connectivity index (χ4v) is 7.94. The van der Waals surface area contributed by atoms with Gasteiger partial charge in [0.15, 0.2) is 11.6 Å². The molecule has 4 atom stereocenters. The van der Waals surface area contributed by atoms with Crippen molar-refractivity contribution in [3.05, 3.63) is 53.9 Å².